The van der Waals surface area contributed by atoms with E-state index in [1.54, 1.807) is 0 Å². The second-order valence-corrected chi connectivity index (χ2v) is 4.46. The van der Waals surface area contributed by atoms with Gasteiger partial charge in [0.1, 0.15) is 0 Å². The van der Waals surface area contributed by atoms with E-state index >= 15 is 0 Å². The normalized spacial score (nSPS) is 12.7. The van der Waals surface area contributed by atoms with Crippen molar-refractivity contribution in [2.24, 2.45) is 0 Å². The van der Waals surface area contributed by atoms with Crippen LogP contribution < -0.4 is 0 Å². The molecule has 0 aliphatic heterocycles. The summed E-state index contributed by atoms with van der Waals surface area (Å²) >= 11 is 1.44. The quantitative estimate of drug-likeness (QED) is 0.872. The van der Waals surface area contributed by atoms with Crippen molar-refractivity contribution in [3.05, 3.63) is 57.8 Å². The highest BCUT2D eigenvalue weighted by atomic mass is 32.1. The van der Waals surface area contributed by atoms with Crippen molar-refractivity contribution in [3.8, 4) is 0 Å². The third-order valence-electron chi connectivity index (χ3n) is 2.28. The van der Waals surface area contributed by atoms with Gasteiger partial charge in [-0.1, -0.05) is 12.1 Å². The zero-order chi connectivity index (χ0) is 11.5. The van der Waals surface area contributed by atoms with Crippen molar-refractivity contribution in [2.45, 2.75) is 12.5 Å². The Balaban J connectivity index is 2.12. The molecule has 1 aromatic heterocycles. The lowest BCUT2D eigenvalue weighted by Gasteiger charge is -2.08. The van der Waals surface area contributed by atoms with Crippen molar-refractivity contribution in [3.63, 3.8) is 0 Å². The Hall–Kier alpha value is -1.26. The van der Waals surface area contributed by atoms with E-state index in [0.29, 0.717) is 5.56 Å². The van der Waals surface area contributed by atoms with Crippen LogP contribution in [0.3, 0.4) is 0 Å². The van der Waals surface area contributed by atoms with Crippen molar-refractivity contribution < 1.29 is 13.9 Å². The molecule has 0 fully saturated rings. The van der Waals surface area contributed by atoms with Crippen LogP contribution in [0.15, 0.2) is 35.7 Å². The first-order valence-corrected chi connectivity index (χ1v) is 5.70. The third kappa shape index (κ3) is 2.46. The van der Waals surface area contributed by atoms with Gasteiger partial charge in [-0.25, -0.2) is 8.78 Å². The molecule has 0 bridgehead atoms. The minimum Gasteiger partial charge on any atom is -0.387 e. The van der Waals surface area contributed by atoms with Crippen LogP contribution in [-0.2, 0) is 6.42 Å². The molecule has 2 aromatic rings. The first kappa shape index (κ1) is 11.2. The van der Waals surface area contributed by atoms with E-state index in [4.69, 9.17) is 0 Å². The summed E-state index contributed by atoms with van der Waals surface area (Å²) in [5.74, 6) is -1.75. The van der Waals surface area contributed by atoms with Crippen LogP contribution in [0, 0.1) is 11.6 Å². The molecule has 0 aliphatic carbocycles. The van der Waals surface area contributed by atoms with Gasteiger partial charge in [0.05, 0.1) is 6.10 Å². The third-order valence-corrected chi connectivity index (χ3v) is 3.26. The van der Waals surface area contributed by atoms with Gasteiger partial charge in [0.25, 0.3) is 0 Å². The lowest BCUT2D eigenvalue weighted by Crippen LogP contribution is -2.00. The van der Waals surface area contributed by atoms with E-state index in [-0.39, 0.29) is 6.42 Å². The van der Waals surface area contributed by atoms with Gasteiger partial charge in [-0.3, -0.25) is 0 Å². The van der Waals surface area contributed by atoms with Crippen LogP contribution in [-0.4, -0.2) is 5.11 Å². The van der Waals surface area contributed by atoms with Gasteiger partial charge in [-0.2, -0.15) is 0 Å². The monoisotopic (exact) mass is 240 g/mol. The number of halogens is 2. The molecule has 0 aliphatic rings. The fraction of sp³-hybridized carbons (Fsp3) is 0.167. The first-order valence-electron chi connectivity index (χ1n) is 4.82. The largest absolute Gasteiger partial charge is 0.387 e. The summed E-state index contributed by atoms with van der Waals surface area (Å²) in [6.45, 7) is 0. The predicted octanol–water partition coefficient (Wildman–Crippen LogP) is 3.30. The molecule has 1 atom stereocenters. The highest BCUT2D eigenvalue weighted by Crippen LogP contribution is 2.23. The van der Waals surface area contributed by atoms with Crippen LogP contribution in [0.25, 0.3) is 0 Å². The Morgan fingerprint density at radius 2 is 2.00 bits per heavy atom. The molecule has 1 unspecified atom stereocenters. The van der Waals surface area contributed by atoms with Gasteiger partial charge in [-0.15, -0.1) is 11.3 Å². The maximum atomic E-state index is 12.9. The molecule has 2 rings (SSSR count). The summed E-state index contributed by atoms with van der Waals surface area (Å²) < 4.78 is 25.6. The number of hydrogen-bond acceptors (Lipinski definition) is 2. The summed E-state index contributed by atoms with van der Waals surface area (Å²) in [5, 5.41) is 11.7. The molecular weight excluding hydrogens is 230 g/mol. The number of benzene rings is 1. The van der Waals surface area contributed by atoms with Gasteiger partial charge in [0.2, 0.25) is 0 Å². The van der Waals surface area contributed by atoms with E-state index < -0.39 is 17.7 Å². The van der Waals surface area contributed by atoms with Crippen LogP contribution in [0.5, 0.6) is 0 Å². The first-order chi connectivity index (χ1) is 7.66. The number of aliphatic hydroxyl groups is 1. The predicted molar refractivity (Wildman–Crippen MR) is 59.3 cm³/mol. The minimum atomic E-state index is -0.879. The Morgan fingerprint density at radius 1 is 1.19 bits per heavy atom. The van der Waals surface area contributed by atoms with Crippen LogP contribution >= 0.6 is 11.3 Å². The van der Waals surface area contributed by atoms with E-state index in [9.17, 15) is 13.9 Å². The minimum absolute atomic E-state index is 0.289. The zero-order valence-electron chi connectivity index (χ0n) is 8.36. The van der Waals surface area contributed by atoms with Gasteiger partial charge in [0, 0.05) is 11.3 Å². The van der Waals surface area contributed by atoms with Crippen molar-refractivity contribution in [1.29, 1.82) is 0 Å². The number of thiophene rings is 1. The molecule has 1 nitrogen and oxygen atoms in total. The van der Waals surface area contributed by atoms with Gasteiger partial charge >= 0.3 is 0 Å². The molecular formula is C12H10F2OS. The lowest BCUT2D eigenvalue weighted by atomic mass is 10.1. The average Bonchev–Trinajstić information content (AvgIpc) is 2.77. The Morgan fingerprint density at radius 3 is 2.62 bits per heavy atom. The molecule has 0 radical (unpaired) electrons. The Kier molecular flexibility index (Phi) is 3.31. The maximum absolute atomic E-state index is 12.9. The molecule has 1 aromatic carbocycles. The second-order valence-electron chi connectivity index (χ2n) is 3.48. The topological polar surface area (TPSA) is 20.2 Å². The summed E-state index contributed by atoms with van der Waals surface area (Å²) in [5.41, 5.74) is 0.583. The van der Waals surface area contributed by atoms with E-state index in [1.165, 1.54) is 17.4 Å². The van der Waals surface area contributed by atoms with Crippen molar-refractivity contribution >= 4 is 11.3 Å². The number of hydrogen-bond donors (Lipinski definition) is 1. The molecule has 0 amide bonds. The van der Waals surface area contributed by atoms with Crippen LogP contribution in [0.1, 0.15) is 16.5 Å². The standard InChI is InChI=1S/C12H10F2OS/c13-9-4-3-8(6-10(9)14)7-11(15)12-2-1-5-16-12/h1-6,11,15H,7H2. The summed E-state index contributed by atoms with van der Waals surface area (Å²) in [6, 6.07) is 7.33. The van der Waals surface area contributed by atoms with Gasteiger partial charge in [0.15, 0.2) is 11.6 Å². The lowest BCUT2D eigenvalue weighted by molar-refractivity contribution is 0.182. The maximum Gasteiger partial charge on any atom is 0.159 e. The van der Waals surface area contributed by atoms with Crippen molar-refractivity contribution in [1.82, 2.24) is 0 Å². The summed E-state index contributed by atoms with van der Waals surface area (Å²) in [4.78, 5) is 0.824. The number of rotatable bonds is 3. The Labute approximate surface area is 96.0 Å². The SMILES string of the molecule is OC(Cc1ccc(F)c(F)c1)c1cccs1. The fourth-order valence-corrected chi connectivity index (χ4v) is 2.18. The molecule has 0 saturated carbocycles. The molecule has 16 heavy (non-hydrogen) atoms. The van der Waals surface area contributed by atoms with E-state index in [2.05, 4.69) is 0 Å². The highest BCUT2D eigenvalue weighted by Gasteiger charge is 2.11. The molecule has 84 valence electrons. The van der Waals surface area contributed by atoms with Gasteiger partial charge < -0.3 is 5.11 Å². The van der Waals surface area contributed by atoms with Crippen LogP contribution in [0.4, 0.5) is 8.78 Å². The average molecular weight is 240 g/mol. The molecule has 1 N–H and O–H groups in total. The van der Waals surface area contributed by atoms with E-state index in [0.717, 1.165) is 17.0 Å². The fourth-order valence-electron chi connectivity index (χ4n) is 1.47. The van der Waals surface area contributed by atoms with Crippen molar-refractivity contribution in [2.75, 3.05) is 0 Å². The van der Waals surface area contributed by atoms with E-state index in [1.807, 2.05) is 17.5 Å². The second kappa shape index (κ2) is 4.72. The molecule has 4 heteroatoms. The number of aliphatic hydroxyl groups excluding tert-OH is 1. The molecule has 1 heterocycles. The highest BCUT2D eigenvalue weighted by molar-refractivity contribution is 7.10. The summed E-state index contributed by atoms with van der Waals surface area (Å²) in [7, 11) is 0. The zero-order valence-corrected chi connectivity index (χ0v) is 9.18. The molecule has 0 spiro atoms. The van der Waals surface area contributed by atoms with Crippen LogP contribution in [0.2, 0.25) is 0 Å². The molecule has 0 saturated heterocycles. The summed E-state index contributed by atoms with van der Waals surface area (Å²) in [6.07, 6.45) is -0.373. The Bertz CT molecular complexity index is 468. The van der Waals surface area contributed by atoms with Gasteiger partial charge in [-0.05, 0) is 29.1 Å². The smallest absolute Gasteiger partial charge is 0.159 e.